The first kappa shape index (κ1) is 19.7. The Morgan fingerprint density at radius 3 is 2.50 bits per heavy atom. The molecule has 6 heteroatoms. The van der Waals surface area contributed by atoms with Crippen LogP contribution in [-0.4, -0.2) is 13.0 Å². The van der Waals surface area contributed by atoms with Crippen molar-refractivity contribution in [2.45, 2.75) is 13.2 Å². The maximum absolute atomic E-state index is 13.1. The first-order valence-corrected chi connectivity index (χ1v) is 9.01. The highest BCUT2D eigenvalue weighted by atomic mass is 35.5. The van der Waals surface area contributed by atoms with Crippen LogP contribution in [-0.2, 0) is 13.2 Å². The van der Waals surface area contributed by atoms with E-state index in [1.54, 1.807) is 19.2 Å². The third-order valence-electron chi connectivity index (χ3n) is 4.09. The van der Waals surface area contributed by atoms with Crippen LogP contribution >= 0.6 is 11.6 Å². The van der Waals surface area contributed by atoms with Crippen molar-refractivity contribution < 1.29 is 18.7 Å². The fourth-order valence-electron chi connectivity index (χ4n) is 2.63. The highest BCUT2D eigenvalue weighted by Crippen LogP contribution is 2.29. The highest BCUT2D eigenvalue weighted by molar-refractivity contribution is 6.33. The summed E-state index contributed by atoms with van der Waals surface area (Å²) in [5.74, 6) is 0.316. The van der Waals surface area contributed by atoms with E-state index in [1.165, 1.54) is 12.1 Å². The van der Waals surface area contributed by atoms with Gasteiger partial charge in [-0.25, -0.2) is 4.39 Å². The van der Waals surface area contributed by atoms with Crippen LogP contribution in [0, 0.1) is 5.82 Å². The number of carbonyl (C=O) groups excluding carboxylic acids is 1. The van der Waals surface area contributed by atoms with E-state index in [-0.39, 0.29) is 23.0 Å². The molecule has 0 aliphatic carbocycles. The second-order valence-corrected chi connectivity index (χ2v) is 6.47. The van der Waals surface area contributed by atoms with Gasteiger partial charge in [0.1, 0.15) is 12.4 Å². The van der Waals surface area contributed by atoms with Crippen molar-refractivity contribution in [1.82, 2.24) is 5.32 Å². The molecular weight excluding hydrogens is 381 g/mol. The van der Waals surface area contributed by atoms with Gasteiger partial charge >= 0.3 is 0 Å². The van der Waals surface area contributed by atoms with Gasteiger partial charge in [-0.3, -0.25) is 4.79 Å². The van der Waals surface area contributed by atoms with Gasteiger partial charge in [0.15, 0.2) is 11.5 Å². The van der Waals surface area contributed by atoms with E-state index in [0.717, 1.165) is 17.2 Å². The van der Waals surface area contributed by atoms with Crippen LogP contribution in [0.4, 0.5) is 4.39 Å². The number of ether oxygens (including phenoxy) is 2. The SMILES string of the molecule is COc1cc(CNC(=O)c2ccc(F)cc2Cl)ccc1OCc1ccccc1. The molecule has 0 saturated heterocycles. The van der Waals surface area contributed by atoms with Gasteiger partial charge in [-0.15, -0.1) is 0 Å². The number of nitrogens with one attached hydrogen (secondary N) is 1. The Morgan fingerprint density at radius 2 is 1.79 bits per heavy atom. The van der Waals surface area contributed by atoms with E-state index in [1.807, 2.05) is 36.4 Å². The number of amides is 1. The van der Waals surface area contributed by atoms with Crippen LogP contribution < -0.4 is 14.8 Å². The molecule has 3 rings (SSSR count). The lowest BCUT2D eigenvalue weighted by Crippen LogP contribution is -2.23. The lowest BCUT2D eigenvalue weighted by molar-refractivity contribution is 0.0951. The van der Waals surface area contributed by atoms with Crippen LogP contribution in [0.5, 0.6) is 11.5 Å². The van der Waals surface area contributed by atoms with E-state index in [0.29, 0.717) is 18.1 Å². The van der Waals surface area contributed by atoms with Crippen LogP contribution in [0.2, 0.25) is 5.02 Å². The minimum atomic E-state index is -0.489. The molecule has 4 nitrogen and oxygen atoms in total. The van der Waals surface area contributed by atoms with Gasteiger partial charge in [0.2, 0.25) is 0 Å². The standard InChI is InChI=1S/C22H19ClFNO3/c1-27-21-11-16(7-10-20(21)28-14-15-5-3-2-4-6-15)13-25-22(26)18-9-8-17(24)12-19(18)23/h2-12H,13-14H2,1H3,(H,25,26). The van der Waals surface area contributed by atoms with Crippen LogP contribution in [0.15, 0.2) is 66.7 Å². The van der Waals surface area contributed by atoms with E-state index < -0.39 is 5.82 Å². The molecule has 1 N–H and O–H groups in total. The molecule has 144 valence electrons. The minimum absolute atomic E-state index is 0.0692. The zero-order valence-electron chi connectivity index (χ0n) is 15.2. The van der Waals surface area contributed by atoms with Gasteiger partial charge in [0.25, 0.3) is 5.91 Å². The normalized spacial score (nSPS) is 10.4. The quantitative estimate of drug-likeness (QED) is 0.608. The smallest absolute Gasteiger partial charge is 0.253 e. The second kappa shape index (κ2) is 9.24. The largest absolute Gasteiger partial charge is 0.493 e. The van der Waals surface area contributed by atoms with Gasteiger partial charge in [0.05, 0.1) is 17.7 Å². The molecule has 0 heterocycles. The molecule has 28 heavy (non-hydrogen) atoms. The number of halogens is 2. The average Bonchev–Trinajstić information content (AvgIpc) is 2.71. The molecule has 3 aromatic rings. The maximum Gasteiger partial charge on any atom is 0.253 e. The summed E-state index contributed by atoms with van der Waals surface area (Å²) < 4.78 is 24.3. The van der Waals surface area contributed by atoms with Crippen molar-refractivity contribution in [1.29, 1.82) is 0 Å². The topological polar surface area (TPSA) is 47.6 Å². The molecule has 0 unspecified atom stereocenters. The highest BCUT2D eigenvalue weighted by Gasteiger charge is 2.12. The van der Waals surface area contributed by atoms with Gasteiger partial charge in [-0.1, -0.05) is 48.0 Å². The molecular formula is C22H19ClFNO3. The van der Waals surface area contributed by atoms with E-state index in [4.69, 9.17) is 21.1 Å². The molecule has 1 amide bonds. The van der Waals surface area contributed by atoms with E-state index >= 15 is 0 Å². The first-order chi connectivity index (χ1) is 13.6. The Kier molecular flexibility index (Phi) is 6.50. The Bertz CT molecular complexity index is 963. The maximum atomic E-state index is 13.1. The van der Waals surface area contributed by atoms with Gasteiger partial charge < -0.3 is 14.8 Å². The minimum Gasteiger partial charge on any atom is -0.493 e. The Hall–Kier alpha value is -3.05. The molecule has 0 radical (unpaired) electrons. The Labute approximate surface area is 167 Å². The van der Waals surface area contributed by atoms with Crippen molar-refractivity contribution in [2.24, 2.45) is 0 Å². The Balaban J connectivity index is 1.64. The molecule has 0 saturated carbocycles. The van der Waals surface area contributed by atoms with Crippen LogP contribution in [0.1, 0.15) is 21.5 Å². The Morgan fingerprint density at radius 1 is 1.00 bits per heavy atom. The summed E-state index contributed by atoms with van der Waals surface area (Å²) >= 11 is 5.92. The second-order valence-electron chi connectivity index (χ2n) is 6.07. The van der Waals surface area contributed by atoms with Crippen LogP contribution in [0.3, 0.4) is 0 Å². The molecule has 0 fully saturated rings. The van der Waals surface area contributed by atoms with Crippen molar-refractivity contribution in [3.63, 3.8) is 0 Å². The van der Waals surface area contributed by atoms with E-state index in [9.17, 15) is 9.18 Å². The lowest BCUT2D eigenvalue weighted by atomic mass is 10.1. The molecule has 0 atom stereocenters. The molecule has 3 aromatic carbocycles. The van der Waals surface area contributed by atoms with Crippen molar-refractivity contribution in [3.05, 3.63) is 94.3 Å². The third-order valence-corrected chi connectivity index (χ3v) is 4.41. The number of benzene rings is 3. The van der Waals surface area contributed by atoms with Gasteiger partial charge in [-0.05, 0) is 41.5 Å². The van der Waals surface area contributed by atoms with Crippen molar-refractivity contribution in [2.75, 3.05) is 7.11 Å². The predicted molar refractivity (Wildman–Crippen MR) is 106 cm³/mol. The predicted octanol–water partition coefficient (Wildman–Crippen LogP) is 5.00. The number of methoxy groups -OCH3 is 1. The summed E-state index contributed by atoms with van der Waals surface area (Å²) in [7, 11) is 1.56. The van der Waals surface area contributed by atoms with Gasteiger partial charge in [-0.2, -0.15) is 0 Å². The molecule has 0 bridgehead atoms. The molecule has 0 aliphatic rings. The summed E-state index contributed by atoms with van der Waals surface area (Å²) in [6, 6.07) is 18.9. The summed E-state index contributed by atoms with van der Waals surface area (Å²) in [5.41, 5.74) is 2.10. The zero-order chi connectivity index (χ0) is 19.9. The fourth-order valence-corrected chi connectivity index (χ4v) is 2.88. The van der Waals surface area contributed by atoms with Crippen molar-refractivity contribution >= 4 is 17.5 Å². The average molecular weight is 400 g/mol. The summed E-state index contributed by atoms with van der Waals surface area (Å²) in [4.78, 5) is 12.3. The van der Waals surface area contributed by atoms with Crippen LogP contribution in [0.25, 0.3) is 0 Å². The summed E-state index contributed by atoms with van der Waals surface area (Å²) in [6.45, 7) is 0.693. The number of hydrogen-bond acceptors (Lipinski definition) is 3. The third kappa shape index (κ3) is 5.02. The summed E-state index contributed by atoms with van der Waals surface area (Å²) in [6.07, 6.45) is 0. The zero-order valence-corrected chi connectivity index (χ0v) is 16.0. The number of rotatable bonds is 7. The number of hydrogen-bond donors (Lipinski definition) is 1. The van der Waals surface area contributed by atoms with Gasteiger partial charge in [0, 0.05) is 6.54 Å². The lowest BCUT2D eigenvalue weighted by Gasteiger charge is -2.13. The molecule has 0 aliphatic heterocycles. The molecule has 0 spiro atoms. The molecule has 0 aromatic heterocycles. The fraction of sp³-hybridized carbons (Fsp3) is 0.136. The monoisotopic (exact) mass is 399 g/mol. The van der Waals surface area contributed by atoms with E-state index in [2.05, 4.69) is 5.32 Å². The van der Waals surface area contributed by atoms with Crippen molar-refractivity contribution in [3.8, 4) is 11.5 Å². The summed E-state index contributed by atoms with van der Waals surface area (Å²) in [5, 5.41) is 2.83. The first-order valence-electron chi connectivity index (χ1n) is 8.63. The number of carbonyl (C=O) groups is 1.